The van der Waals surface area contributed by atoms with E-state index >= 15 is 0 Å². The fraction of sp³-hybridized carbons (Fsp3) is 0.500. The lowest BCUT2D eigenvalue weighted by Crippen LogP contribution is -2.30. The van der Waals surface area contributed by atoms with Gasteiger partial charge in [0.05, 0.1) is 22.6 Å². The van der Waals surface area contributed by atoms with Crippen LogP contribution in [-0.2, 0) is 6.42 Å². The first-order valence-corrected chi connectivity index (χ1v) is 7.79. The number of hydrogen-bond acceptors (Lipinski definition) is 4. The first kappa shape index (κ1) is 15.5. The standard InChI is InChI=1S/C14H21N5OS/c1-9(2)19-8-12(7-16-19)18-14(20)15-6-5-13-17-10(3)11(4)21-13/h7-9H,5-6H2,1-4H3,(H2,15,18,20). The molecule has 0 fully saturated rings. The molecule has 0 atom stereocenters. The lowest BCUT2D eigenvalue weighted by molar-refractivity contribution is 0.252. The smallest absolute Gasteiger partial charge is 0.319 e. The molecule has 2 aromatic heterocycles. The summed E-state index contributed by atoms with van der Waals surface area (Å²) < 4.78 is 1.80. The number of anilines is 1. The summed E-state index contributed by atoms with van der Waals surface area (Å²) in [6, 6.07) is 0.0586. The van der Waals surface area contributed by atoms with Crippen LogP contribution in [0.4, 0.5) is 10.5 Å². The molecule has 21 heavy (non-hydrogen) atoms. The molecular weight excluding hydrogens is 286 g/mol. The van der Waals surface area contributed by atoms with Crippen LogP contribution in [0.25, 0.3) is 0 Å². The molecule has 6 nitrogen and oxygen atoms in total. The average Bonchev–Trinajstić information content (AvgIpc) is 2.98. The second-order valence-electron chi connectivity index (χ2n) is 5.18. The molecule has 0 aromatic carbocycles. The molecule has 114 valence electrons. The molecule has 2 aromatic rings. The fourth-order valence-electron chi connectivity index (χ4n) is 1.79. The first-order valence-electron chi connectivity index (χ1n) is 6.97. The summed E-state index contributed by atoms with van der Waals surface area (Å²) in [6.07, 6.45) is 4.21. The topological polar surface area (TPSA) is 71.8 Å². The van der Waals surface area contributed by atoms with Gasteiger partial charge in [0.15, 0.2) is 0 Å². The molecule has 0 aliphatic heterocycles. The number of amides is 2. The highest BCUT2D eigenvalue weighted by molar-refractivity contribution is 7.11. The zero-order valence-corrected chi connectivity index (χ0v) is 13.6. The summed E-state index contributed by atoms with van der Waals surface area (Å²) in [5.74, 6) is 0. The van der Waals surface area contributed by atoms with Crippen LogP contribution >= 0.6 is 11.3 Å². The summed E-state index contributed by atoms with van der Waals surface area (Å²) >= 11 is 1.68. The van der Waals surface area contributed by atoms with Gasteiger partial charge in [0.25, 0.3) is 0 Å². The van der Waals surface area contributed by atoms with E-state index in [4.69, 9.17) is 0 Å². The van der Waals surface area contributed by atoms with Gasteiger partial charge in [0.2, 0.25) is 0 Å². The van der Waals surface area contributed by atoms with Crippen molar-refractivity contribution < 1.29 is 4.79 Å². The van der Waals surface area contributed by atoms with Gasteiger partial charge in [0.1, 0.15) is 0 Å². The lowest BCUT2D eigenvalue weighted by atomic mass is 10.4. The van der Waals surface area contributed by atoms with Crippen molar-refractivity contribution in [2.24, 2.45) is 0 Å². The zero-order valence-electron chi connectivity index (χ0n) is 12.8. The Bertz CT molecular complexity index is 597. The molecule has 2 heterocycles. The van der Waals surface area contributed by atoms with Crippen LogP contribution in [-0.4, -0.2) is 27.3 Å². The molecule has 7 heteroatoms. The Morgan fingerprint density at radius 1 is 1.43 bits per heavy atom. The van der Waals surface area contributed by atoms with Gasteiger partial charge >= 0.3 is 6.03 Å². The van der Waals surface area contributed by atoms with E-state index in [1.165, 1.54) is 4.88 Å². The number of aryl methyl sites for hydroxylation is 2. The number of thiazole rings is 1. The van der Waals surface area contributed by atoms with Gasteiger partial charge in [-0.05, 0) is 27.7 Å². The van der Waals surface area contributed by atoms with Crippen molar-refractivity contribution >= 4 is 23.1 Å². The van der Waals surface area contributed by atoms with Crippen LogP contribution < -0.4 is 10.6 Å². The van der Waals surface area contributed by atoms with Crippen LogP contribution in [0.15, 0.2) is 12.4 Å². The highest BCUT2D eigenvalue weighted by Crippen LogP contribution is 2.16. The summed E-state index contributed by atoms with van der Waals surface area (Å²) in [7, 11) is 0. The van der Waals surface area contributed by atoms with Gasteiger partial charge in [-0.25, -0.2) is 9.78 Å². The Morgan fingerprint density at radius 2 is 2.19 bits per heavy atom. The molecule has 0 saturated heterocycles. The lowest BCUT2D eigenvalue weighted by Gasteiger charge is -2.05. The van der Waals surface area contributed by atoms with Crippen molar-refractivity contribution in [2.45, 2.75) is 40.2 Å². The molecule has 0 unspecified atom stereocenters. The quantitative estimate of drug-likeness (QED) is 0.892. The predicted molar refractivity (Wildman–Crippen MR) is 84.9 cm³/mol. The largest absolute Gasteiger partial charge is 0.337 e. The summed E-state index contributed by atoms with van der Waals surface area (Å²) in [5, 5.41) is 10.8. The van der Waals surface area contributed by atoms with Crippen molar-refractivity contribution in [3.8, 4) is 0 Å². The van der Waals surface area contributed by atoms with Gasteiger partial charge in [-0.15, -0.1) is 11.3 Å². The van der Waals surface area contributed by atoms with E-state index in [-0.39, 0.29) is 12.1 Å². The van der Waals surface area contributed by atoms with Crippen molar-refractivity contribution in [1.29, 1.82) is 0 Å². The number of urea groups is 1. The molecule has 2 N–H and O–H groups in total. The van der Waals surface area contributed by atoms with E-state index in [0.29, 0.717) is 12.2 Å². The highest BCUT2D eigenvalue weighted by atomic mass is 32.1. The van der Waals surface area contributed by atoms with E-state index in [0.717, 1.165) is 17.1 Å². The van der Waals surface area contributed by atoms with Crippen molar-refractivity contribution in [3.63, 3.8) is 0 Å². The van der Waals surface area contributed by atoms with E-state index in [2.05, 4.69) is 27.6 Å². The third-order valence-electron chi connectivity index (χ3n) is 3.09. The van der Waals surface area contributed by atoms with Gasteiger partial charge in [-0.3, -0.25) is 4.68 Å². The molecule has 2 amide bonds. The zero-order chi connectivity index (χ0) is 15.4. The number of carbonyl (C=O) groups excluding carboxylic acids is 1. The SMILES string of the molecule is Cc1nc(CCNC(=O)Nc2cnn(C(C)C)c2)sc1C. The third kappa shape index (κ3) is 4.29. The van der Waals surface area contributed by atoms with Gasteiger partial charge in [-0.1, -0.05) is 0 Å². The Kier molecular flexibility index (Phi) is 4.95. The number of nitrogens with zero attached hydrogens (tertiary/aromatic N) is 3. The van der Waals surface area contributed by atoms with Crippen molar-refractivity contribution in [2.75, 3.05) is 11.9 Å². The molecule has 0 spiro atoms. The second-order valence-corrected chi connectivity index (χ2v) is 6.47. The summed E-state index contributed by atoms with van der Waals surface area (Å²) in [6.45, 7) is 8.70. The molecular formula is C14H21N5OS. The normalized spacial score (nSPS) is 10.9. The molecule has 0 aliphatic rings. The molecule has 2 rings (SSSR count). The van der Waals surface area contributed by atoms with Crippen LogP contribution in [0.1, 0.15) is 35.5 Å². The maximum absolute atomic E-state index is 11.8. The number of hydrogen-bond donors (Lipinski definition) is 2. The Labute approximate surface area is 128 Å². The fourth-order valence-corrected chi connectivity index (χ4v) is 2.72. The molecule has 0 bridgehead atoms. The summed E-state index contributed by atoms with van der Waals surface area (Å²) in [5.41, 5.74) is 1.77. The number of carbonyl (C=O) groups is 1. The van der Waals surface area contributed by atoms with Crippen molar-refractivity contribution in [1.82, 2.24) is 20.1 Å². The Balaban J connectivity index is 1.76. The maximum atomic E-state index is 11.8. The first-order chi connectivity index (χ1) is 9.95. The van der Waals surface area contributed by atoms with Crippen molar-refractivity contribution in [3.05, 3.63) is 28.0 Å². The molecule has 0 radical (unpaired) electrons. The summed E-state index contributed by atoms with van der Waals surface area (Å²) in [4.78, 5) is 17.5. The van der Waals surface area contributed by atoms with E-state index in [1.54, 1.807) is 22.2 Å². The number of nitrogens with one attached hydrogen (secondary N) is 2. The third-order valence-corrected chi connectivity index (χ3v) is 4.22. The van der Waals surface area contributed by atoms with E-state index in [1.807, 2.05) is 27.0 Å². The predicted octanol–water partition coefficient (Wildman–Crippen LogP) is 2.90. The minimum Gasteiger partial charge on any atom is -0.337 e. The van der Waals surface area contributed by atoms with Crippen LogP contribution in [0.5, 0.6) is 0 Å². The minimum absolute atomic E-state index is 0.219. The Hall–Kier alpha value is -1.89. The Morgan fingerprint density at radius 3 is 2.76 bits per heavy atom. The van der Waals surface area contributed by atoms with Gasteiger partial charge < -0.3 is 10.6 Å². The second kappa shape index (κ2) is 6.71. The minimum atomic E-state index is -0.219. The van der Waals surface area contributed by atoms with E-state index < -0.39 is 0 Å². The molecule has 0 aliphatic carbocycles. The van der Waals surface area contributed by atoms with Crippen LogP contribution in [0.2, 0.25) is 0 Å². The van der Waals surface area contributed by atoms with Gasteiger partial charge in [-0.2, -0.15) is 5.10 Å². The van der Waals surface area contributed by atoms with Crippen LogP contribution in [0.3, 0.4) is 0 Å². The van der Waals surface area contributed by atoms with Gasteiger partial charge in [0, 0.05) is 30.1 Å². The number of aromatic nitrogens is 3. The highest BCUT2D eigenvalue weighted by Gasteiger charge is 2.07. The van der Waals surface area contributed by atoms with E-state index in [9.17, 15) is 4.79 Å². The number of rotatable bonds is 5. The van der Waals surface area contributed by atoms with Crippen LogP contribution in [0, 0.1) is 13.8 Å². The monoisotopic (exact) mass is 307 g/mol. The molecule has 0 saturated carbocycles. The average molecular weight is 307 g/mol. The maximum Gasteiger partial charge on any atom is 0.319 e.